The van der Waals surface area contributed by atoms with Gasteiger partial charge in [-0.05, 0) is 37.1 Å². The van der Waals surface area contributed by atoms with Crippen molar-refractivity contribution < 1.29 is 9.53 Å². The fraction of sp³-hybridized carbons (Fsp3) is 0.474. The van der Waals surface area contributed by atoms with Crippen LogP contribution in [0.2, 0.25) is 0 Å². The molecule has 26 heavy (non-hydrogen) atoms. The SMILES string of the molecule is CCCN(C(=O)c1cnn(Cc2ccc(OC)cc2)c1)C1CCNC1.Cl. The number of hydrogen-bond donors (Lipinski definition) is 1. The number of amides is 1. The Hall–Kier alpha value is -2.05. The molecule has 2 aromatic rings. The van der Waals surface area contributed by atoms with Crippen LogP contribution in [0.5, 0.6) is 5.75 Å². The van der Waals surface area contributed by atoms with E-state index in [9.17, 15) is 4.79 Å². The molecule has 1 fully saturated rings. The average Bonchev–Trinajstić information content (AvgIpc) is 3.32. The lowest BCUT2D eigenvalue weighted by molar-refractivity contribution is 0.0692. The first-order valence-corrected chi connectivity index (χ1v) is 8.88. The summed E-state index contributed by atoms with van der Waals surface area (Å²) in [5, 5.41) is 7.71. The van der Waals surface area contributed by atoms with E-state index in [4.69, 9.17) is 4.74 Å². The molecule has 0 saturated carbocycles. The maximum atomic E-state index is 12.9. The molecular formula is C19H27ClN4O2. The molecule has 142 valence electrons. The highest BCUT2D eigenvalue weighted by Gasteiger charge is 2.27. The molecule has 2 heterocycles. The first-order chi connectivity index (χ1) is 12.2. The van der Waals surface area contributed by atoms with Crippen LogP contribution in [0.3, 0.4) is 0 Å². The molecule has 1 aromatic carbocycles. The predicted molar refractivity (Wildman–Crippen MR) is 104 cm³/mol. The zero-order valence-electron chi connectivity index (χ0n) is 15.4. The van der Waals surface area contributed by atoms with Gasteiger partial charge in [0.25, 0.3) is 5.91 Å². The summed E-state index contributed by atoms with van der Waals surface area (Å²) in [6, 6.07) is 8.17. The Kier molecular flexibility index (Phi) is 7.48. The van der Waals surface area contributed by atoms with E-state index in [1.54, 1.807) is 13.3 Å². The van der Waals surface area contributed by atoms with Crippen LogP contribution in [-0.4, -0.2) is 53.4 Å². The number of aromatic nitrogens is 2. The van der Waals surface area contributed by atoms with E-state index in [1.807, 2.05) is 40.0 Å². The average molecular weight is 379 g/mol. The lowest BCUT2D eigenvalue weighted by atomic mass is 10.1. The van der Waals surface area contributed by atoms with E-state index in [2.05, 4.69) is 17.3 Å². The third kappa shape index (κ3) is 4.77. The van der Waals surface area contributed by atoms with Crippen LogP contribution in [0.4, 0.5) is 0 Å². The molecule has 1 aliphatic heterocycles. The number of carbonyl (C=O) groups is 1. The van der Waals surface area contributed by atoms with Gasteiger partial charge in [-0.15, -0.1) is 12.4 Å². The van der Waals surface area contributed by atoms with Crippen LogP contribution in [0.25, 0.3) is 0 Å². The van der Waals surface area contributed by atoms with Gasteiger partial charge in [-0.1, -0.05) is 19.1 Å². The van der Waals surface area contributed by atoms with E-state index < -0.39 is 0 Å². The molecule has 1 atom stereocenters. The van der Waals surface area contributed by atoms with E-state index in [0.717, 1.165) is 43.8 Å². The molecule has 1 saturated heterocycles. The lowest BCUT2D eigenvalue weighted by Gasteiger charge is -2.27. The summed E-state index contributed by atoms with van der Waals surface area (Å²) >= 11 is 0. The number of nitrogens with one attached hydrogen (secondary N) is 1. The molecule has 1 aromatic heterocycles. The van der Waals surface area contributed by atoms with E-state index >= 15 is 0 Å². The van der Waals surface area contributed by atoms with Crippen LogP contribution in [-0.2, 0) is 6.54 Å². The topological polar surface area (TPSA) is 59.4 Å². The highest BCUT2D eigenvalue weighted by molar-refractivity contribution is 5.94. The minimum atomic E-state index is 0. The maximum Gasteiger partial charge on any atom is 0.257 e. The first kappa shape index (κ1) is 20.3. The molecule has 0 spiro atoms. The zero-order valence-corrected chi connectivity index (χ0v) is 16.2. The largest absolute Gasteiger partial charge is 0.497 e. The smallest absolute Gasteiger partial charge is 0.257 e. The first-order valence-electron chi connectivity index (χ1n) is 8.88. The van der Waals surface area contributed by atoms with Crippen LogP contribution in [0, 0.1) is 0 Å². The highest BCUT2D eigenvalue weighted by Crippen LogP contribution is 2.15. The summed E-state index contributed by atoms with van der Waals surface area (Å²) in [6.07, 6.45) is 5.50. The van der Waals surface area contributed by atoms with E-state index in [0.29, 0.717) is 12.1 Å². The number of halogens is 1. The minimum absolute atomic E-state index is 0. The molecular weight excluding hydrogens is 352 g/mol. The molecule has 3 rings (SSSR count). The van der Waals surface area contributed by atoms with Crippen LogP contribution in [0.1, 0.15) is 35.7 Å². The number of nitrogens with zero attached hydrogens (tertiary/aromatic N) is 3. The van der Waals surface area contributed by atoms with Crippen molar-refractivity contribution in [3.8, 4) is 5.75 Å². The van der Waals surface area contributed by atoms with Crippen molar-refractivity contribution in [1.82, 2.24) is 20.0 Å². The molecule has 7 heteroatoms. The number of carbonyl (C=O) groups excluding carboxylic acids is 1. The second kappa shape index (κ2) is 9.59. The number of benzene rings is 1. The van der Waals surface area contributed by atoms with Gasteiger partial charge in [0.1, 0.15) is 5.75 Å². The monoisotopic (exact) mass is 378 g/mol. The van der Waals surface area contributed by atoms with Crippen LogP contribution in [0.15, 0.2) is 36.7 Å². The summed E-state index contributed by atoms with van der Waals surface area (Å²) < 4.78 is 6.99. The number of rotatable bonds is 7. The molecule has 1 unspecified atom stereocenters. The second-order valence-electron chi connectivity index (χ2n) is 6.42. The fourth-order valence-electron chi connectivity index (χ4n) is 3.24. The molecule has 0 radical (unpaired) electrons. The summed E-state index contributed by atoms with van der Waals surface area (Å²) in [5.41, 5.74) is 1.78. The van der Waals surface area contributed by atoms with Crippen molar-refractivity contribution in [2.24, 2.45) is 0 Å². The van der Waals surface area contributed by atoms with Gasteiger partial charge in [0, 0.05) is 25.3 Å². The van der Waals surface area contributed by atoms with Gasteiger partial charge in [-0.25, -0.2) is 0 Å². The van der Waals surface area contributed by atoms with Crippen LogP contribution >= 0.6 is 12.4 Å². The predicted octanol–water partition coefficient (Wildman–Crippen LogP) is 2.58. The minimum Gasteiger partial charge on any atom is -0.497 e. The number of ether oxygens (including phenoxy) is 1. The van der Waals surface area contributed by atoms with Gasteiger partial charge < -0.3 is 15.0 Å². The quantitative estimate of drug-likeness (QED) is 0.804. The Bertz CT molecular complexity index is 696. The molecule has 1 amide bonds. The highest BCUT2D eigenvalue weighted by atomic mass is 35.5. The molecule has 1 aliphatic rings. The van der Waals surface area contributed by atoms with Gasteiger partial charge in [-0.2, -0.15) is 5.10 Å². The summed E-state index contributed by atoms with van der Waals surface area (Å²) in [5.74, 6) is 0.914. The van der Waals surface area contributed by atoms with Crippen molar-refractivity contribution in [2.75, 3.05) is 26.7 Å². The summed E-state index contributed by atoms with van der Waals surface area (Å²) in [7, 11) is 1.66. The summed E-state index contributed by atoms with van der Waals surface area (Å²) in [4.78, 5) is 14.9. The molecule has 0 bridgehead atoms. The van der Waals surface area contributed by atoms with Crippen molar-refractivity contribution in [3.63, 3.8) is 0 Å². The van der Waals surface area contributed by atoms with Gasteiger partial charge in [-0.3, -0.25) is 9.48 Å². The Morgan fingerprint density at radius 2 is 2.15 bits per heavy atom. The second-order valence-corrected chi connectivity index (χ2v) is 6.42. The third-order valence-corrected chi connectivity index (χ3v) is 4.58. The molecule has 1 N–H and O–H groups in total. The Morgan fingerprint density at radius 3 is 2.77 bits per heavy atom. The van der Waals surface area contributed by atoms with Crippen molar-refractivity contribution >= 4 is 18.3 Å². The Balaban J connectivity index is 0.00000243. The summed E-state index contributed by atoms with van der Waals surface area (Å²) in [6.45, 7) is 5.39. The standard InChI is InChI=1S/C19H26N4O2.ClH/c1-3-10-23(17-8-9-20-12-17)19(24)16-11-21-22(14-16)13-15-4-6-18(25-2)7-5-15;/h4-7,11,14,17,20H,3,8-10,12-13H2,1-2H3;1H. The zero-order chi connectivity index (χ0) is 17.6. The Morgan fingerprint density at radius 1 is 1.38 bits per heavy atom. The van der Waals surface area contributed by atoms with E-state index in [-0.39, 0.29) is 24.4 Å². The lowest BCUT2D eigenvalue weighted by Crippen LogP contribution is -2.42. The van der Waals surface area contributed by atoms with Crippen molar-refractivity contribution in [1.29, 1.82) is 0 Å². The van der Waals surface area contributed by atoms with Gasteiger partial charge in [0.2, 0.25) is 0 Å². The van der Waals surface area contributed by atoms with Gasteiger partial charge in [0.15, 0.2) is 0 Å². The Labute approximate surface area is 160 Å². The van der Waals surface area contributed by atoms with Crippen molar-refractivity contribution in [3.05, 3.63) is 47.8 Å². The van der Waals surface area contributed by atoms with Gasteiger partial charge in [0.05, 0.1) is 25.4 Å². The molecule has 6 nitrogen and oxygen atoms in total. The number of methoxy groups -OCH3 is 1. The molecule has 0 aliphatic carbocycles. The van der Waals surface area contributed by atoms with Gasteiger partial charge >= 0.3 is 0 Å². The third-order valence-electron chi connectivity index (χ3n) is 4.58. The fourth-order valence-corrected chi connectivity index (χ4v) is 3.24. The van der Waals surface area contributed by atoms with E-state index in [1.165, 1.54) is 0 Å². The normalized spacial score (nSPS) is 16.2. The maximum absolute atomic E-state index is 12.9. The van der Waals surface area contributed by atoms with Crippen LogP contribution < -0.4 is 10.1 Å². The van der Waals surface area contributed by atoms with Crippen molar-refractivity contribution in [2.45, 2.75) is 32.4 Å². The number of hydrogen-bond acceptors (Lipinski definition) is 4.